The molecular weight excluding hydrogens is 448 g/mol. The standard InChI is InChI=1S/C26H28N4O3S/c1-17-7-8-21(14-18(17)2)19(3)27-24(31)16-34-26-29-28-25(20-9-11-22(32-4)12-10-20)30(26)15-23-6-5-13-33-23/h5-14,19H,15-16H2,1-4H3,(H,27,31). The summed E-state index contributed by atoms with van der Waals surface area (Å²) >= 11 is 1.35. The molecule has 0 radical (unpaired) electrons. The van der Waals surface area contributed by atoms with Crippen LogP contribution in [-0.4, -0.2) is 33.5 Å². The van der Waals surface area contributed by atoms with Crippen molar-refractivity contribution in [1.29, 1.82) is 0 Å². The van der Waals surface area contributed by atoms with E-state index < -0.39 is 0 Å². The van der Waals surface area contributed by atoms with E-state index in [1.54, 1.807) is 13.4 Å². The minimum absolute atomic E-state index is 0.0609. The van der Waals surface area contributed by atoms with Crippen molar-refractivity contribution in [2.45, 2.75) is 38.5 Å². The largest absolute Gasteiger partial charge is 0.497 e. The van der Waals surface area contributed by atoms with Crippen molar-refractivity contribution in [2.24, 2.45) is 0 Å². The lowest BCUT2D eigenvalue weighted by Crippen LogP contribution is -2.28. The maximum atomic E-state index is 12.7. The van der Waals surface area contributed by atoms with Gasteiger partial charge in [0.25, 0.3) is 0 Å². The Kier molecular flexibility index (Phi) is 7.37. The number of carbonyl (C=O) groups is 1. The molecule has 0 fully saturated rings. The van der Waals surface area contributed by atoms with Crippen LogP contribution in [0.3, 0.4) is 0 Å². The highest BCUT2D eigenvalue weighted by Gasteiger charge is 2.18. The van der Waals surface area contributed by atoms with Crippen molar-refractivity contribution >= 4 is 17.7 Å². The van der Waals surface area contributed by atoms with Gasteiger partial charge < -0.3 is 14.5 Å². The first-order valence-corrected chi connectivity index (χ1v) is 12.0. The lowest BCUT2D eigenvalue weighted by atomic mass is 10.0. The van der Waals surface area contributed by atoms with Gasteiger partial charge >= 0.3 is 0 Å². The van der Waals surface area contributed by atoms with Gasteiger partial charge in [0.1, 0.15) is 11.5 Å². The van der Waals surface area contributed by atoms with Gasteiger partial charge in [0.05, 0.1) is 31.7 Å². The zero-order valence-corrected chi connectivity index (χ0v) is 20.6. The average molecular weight is 477 g/mol. The van der Waals surface area contributed by atoms with Crippen LogP contribution in [0.2, 0.25) is 0 Å². The number of nitrogens with one attached hydrogen (secondary N) is 1. The fraction of sp³-hybridized carbons (Fsp3) is 0.269. The summed E-state index contributed by atoms with van der Waals surface area (Å²) in [6, 6.07) is 17.6. The summed E-state index contributed by atoms with van der Waals surface area (Å²) in [7, 11) is 1.63. The molecule has 2 aromatic carbocycles. The van der Waals surface area contributed by atoms with Crippen LogP contribution >= 0.6 is 11.8 Å². The number of thioether (sulfide) groups is 1. The van der Waals surface area contributed by atoms with Crippen LogP contribution in [-0.2, 0) is 11.3 Å². The summed E-state index contributed by atoms with van der Waals surface area (Å²) in [5.74, 6) is 2.42. The quantitative estimate of drug-likeness (QED) is 0.335. The molecule has 0 saturated heterocycles. The third-order valence-electron chi connectivity index (χ3n) is 5.70. The Morgan fingerprint density at radius 2 is 1.91 bits per heavy atom. The predicted molar refractivity (Wildman–Crippen MR) is 133 cm³/mol. The van der Waals surface area contributed by atoms with Crippen molar-refractivity contribution in [2.75, 3.05) is 12.9 Å². The van der Waals surface area contributed by atoms with Crippen LogP contribution < -0.4 is 10.1 Å². The van der Waals surface area contributed by atoms with E-state index in [-0.39, 0.29) is 17.7 Å². The lowest BCUT2D eigenvalue weighted by molar-refractivity contribution is -0.119. The number of carbonyl (C=O) groups excluding carboxylic acids is 1. The number of benzene rings is 2. The number of methoxy groups -OCH3 is 1. The summed E-state index contributed by atoms with van der Waals surface area (Å²) < 4.78 is 12.8. The molecule has 2 heterocycles. The van der Waals surface area contributed by atoms with E-state index in [4.69, 9.17) is 9.15 Å². The maximum Gasteiger partial charge on any atom is 0.230 e. The topological polar surface area (TPSA) is 82.2 Å². The predicted octanol–water partition coefficient (Wildman–Crippen LogP) is 5.18. The number of furan rings is 1. The number of nitrogens with zero attached hydrogens (tertiary/aromatic N) is 3. The summed E-state index contributed by atoms with van der Waals surface area (Å²) in [4.78, 5) is 12.7. The van der Waals surface area contributed by atoms with Crippen LogP contribution in [0.1, 0.15) is 35.4 Å². The Hall–Kier alpha value is -3.52. The Balaban J connectivity index is 1.48. The number of amides is 1. The van der Waals surface area contributed by atoms with Gasteiger partial charge in [-0.25, -0.2) is 0 Å². The van der Waals surface area contributed by atoms with E-state index in [1.807, 2.05) is 47.9 Å². The molecular formula is C26H28N4O3S. The van der Waals surface area contributed by atoms with Gasteiger partial charge in [0.2, 0.25) is 5.91 Å². The molecule has 2 aromatic heterocycles. The van der Waals surface area contributed by atoms with Gasteiger partial charge in [0.15, 0.2) is 11.0 Å². The molecule has 0 spiro atoms. The first kappa shape index (κ1) is 23.6. The Morgan fingerprint density at radius 1 is 1.12 bits per heavy atom. The first-order valence-electron chi connectivity index (χ1n) is 11.0. The van der Waals surface area contributed by atoms with Crippen molar-refractivity contribution < 1.29 is 13.9 Å². The van der Waals surface area contributed by atoms with Gasteiger partial charge in [-0.3, -0.25) is 9.36 Å². The summed E-state index contributed by atoms with van der Waals surface area (Å²) in [6.45, 7) is 6.62. The average Bonchev–Trinajstić information content (AvgIpc) is 3.50. The second-order valence-corrected chi connectivity index (χ2v) is 9.06. The van der Waals surface area contributed by atoms with Crippen molar-refractivity contribution in [1.82, 2.24) is 20.1 Å². The van der Waals surface area contributed by atoms with Gasteiger partial charge in [-0.2, -0.15) is 0 Å². The molecule has 1 N–H and O–H groups in total. The second-order valence-electron chi connectivity index (χ2n) is 8.12. The number of hydrogen-bond donors (Lipinski definition) is 1. The van der Waals surface area contributed by atoms with Crippen molar-refractivity contribution in [3.05, 3.63) is 83.3 Å². The molecule has 0 bridgehead atoms. The number of rotatable bonds is 9. The number of aromatic nitrogens is 3. The van der Waals surface area contributed by atoms with Crippen molar-refractivity contribution in [3.63, 3.8) is 0 Å². The molecule has 34 heavy (non-hydrogen) atoms. The Labute approximate surface area is 203 Å². The molecule has 1 amide bonds. The molecule has 4 rings (SSSR count). The number of hydrogen-bond acceptors (Lipinski definition) is 6. The number of ether oxygens (including phenoxy) is 1. The Bertz CT molecular complexity index is 1250. The van der Waals surface area contributed by atoms with E-state index in [0.29, 0.717) is 17.5 Å². The highest BCUT2D eigenvalue weighted by molar-refractivity contribution is 7.99. The molecule has 0 aliphatic heterocycles. The molecule has 0 aliphatic rings. The van der Waals surface area contributed by atoms with E-state index >= 15 is 0 Å². The van der Waals surface area contributed by atoms with Crippen LogP contribution in [0.4, 0.5) is 0 Å². The number of aryl methyl sites for hydroxylation is 2. The van der Waals surface area contributed by atoms with E-state index in [9.17, 15) is 4.79 Å². The normalized spacial score (nSPS) is 11.9. The SMILES string of the molecule is COc1ccc(-c2nnc(SCC(=O)NC(C)c3ccc(C)c(C)c3)n2Cc2ccco2)cc1. The summed E-state index contributed by atoms with van der Waals surface area (Å²) in [5, 5.41) is 12.5. The molecule has 4 aromatic rings. The van der Waals surface area contributed by atoms with Crippen LogP contribution in [0.25, 0.3) is 11.4 Å². The third kappa shape index (κ3) is 5.51. The summed E-state index contributed by atoms with van der Waals surface area (Å²) in [5.41, 5.74) is 4.44. The summed E-state index contributed by atoms with van der Waals surface area (Å²) in [6.07, 6.45) is 1.64. The molecule has 0 aliphatic carbocycles. The van der Waals surface area contributed by atoms with Gasteiger partial charge in [-0.05, 0) is 73.9 Å². The third-order valence-corrected chi connectivity index (χ3v) is 6.67. The molecule has 176 valence electrons. The van der Waals surface area contributed by atoms with Crippen LogP contribution in [0, 0.1) is 13.8 Å². The van der Waals surface area contributed by atoms with Crippen LogP contribution in [0.15, 0.2) is 70.4 Å². The molecule has 1 unspecified atom stereocenters. The fourth-order valence-corrected chi connectivity index (χ4v) is 4.33. The smallest absolute Gasteiger partial charge is 0.230 e. The zero-order valence-electron chi connectivity index (χ0n) is 19.7. The van der Waals surface area contributed by atoms with Gasteiger partial charge in [-0.1, -0.05) is 30.0 Å². The molecule has 0 saturated carbocycles. The minimum atomic E-state index is -0.0803. The Morgan fingerprint density at radius 3 is 2.59 bits per heavy atom. The van der Waals surface area contributed by atoms with Crippen LogP contribution in [0.5, 0.6) is 5.75 Å². The highest BCUT2D eigenvalue weighted by atomic mass is 32.2. The second kappa shape index (κ2) is 10.6. The van der Waals surface area contributed by atoms with Crippen molar-refractivity contribution in [3.8, 4) is 17.1 Å². The maximum absolute atomic E-state index is 12.7. The molecule has 7 nitrogen and oxygen atoms in total. The zero-order chi connectivity index (χ0) is 24.1. The van der Waals surface area contributed by atoms with E-state index in [2.05, 4.69) is 47.6 Å². The van der Waals surface area contributed by atoms with E-state index in [1.165, 1.54) is 22.9 Å². The molecule has 8 heteroatoms. The minimum Gasteiger partial charge on any atom is -0.497 e. The van der Waals surface area contributed by atoms with Gasteiger partial charge in [0, 0.05) is 5.56 Å². The fourth-order valence-electron chi connectivity index (χ4n) is 3.58. The lowest BCUT2D eigenvalue weighted by Gasteiger charge is -2.16. The monoisotopic (exact) mass is 476 g/mol. The molecule has 1 atom stereocenters. The first-order chi connectivity index (χ1) is 16.4. The van der Waals surface area contributed by atoms with Gasteiger partial charge in [-0.15, -0.1) is 10.2 Å². The van der Waals surface area contributed by atoms with E-state index in [0.717, 1.165) is 22.6 Å². The highest BCUT2D eigenvalue weighted by Crippen LogP contribution is 2.27.